The van der Waals surface area contributed by atoms with Crippen molar-refractivity contribution in [1.29, 1.82) is 0 Å². The molecule has 25 heavy (non-hydrogen) atoms. The van der Waals surface area contributed by atoms with E-state index in [9.17, 15) is 19.7 Å². The summed E-state index contributed by atoms with van der Waals surface area (Å²) in [7, 11) is 2.92. The van der Waals surface area contributed by atoms with Crippen LogP contribution in [0.1, 0.15) is 26.3 Å². The lowest BCUT2D eigenvalue weighted by Gasteiger charge is -2.12. The lowest BCUT2D eigenvalue weighted by atomic mass is 10.1. The molecule has 2 aromatic rings. The van der Waals surface area contributed by atoms with E-state index in [1.54, 1.807) is 0 Å². The Balaban J connectivity index is 2.34. The molecule has 2 N–H and O–H groups in total. The monoisotopic (exact) mass is 343 g/mol. The number of methoxy groups -OCH3 is 1. The molecule has 0 atom stereocenters. The number of carbonyl (C=O) groups excluding carboxylic acids is 2. The van der Waals surface area contributed by atoms with Crippen LogP contribution in [0.3, 0.4) is 0 Å². The maximum atomic E-state index is 12.5. The van der Waals surface area contributed by atoms with Gasteiger partial charge < -0.3 is 15.4 Å². The summed E-state index contributed by atoms with van der Waals surface area (Å²) in [5.74, 6) is -0.490. The predicted molar refractivity (Wildman–Crippen MR) is 92.2 cm³/mol. The minimum atomic E-state index is -0.537. The predicted octanol–water partition coefficient (Wildman–Crippen LogP) is 2.52. The number of nitrogens with one attached hydrogen (secondary N) is 2. The standard InChI is InChI=1S/C17H17N3O5/c1-10-12(5-4-6-14(10)20(23)24)17(22)19-13-8-7-11(16(21)18-2)9-15(13)25-3/h4-9H,1-3H3,(H,18,21)(H,19,22). The molecule has 0 unspecified atom stereocenters. The first-order chi connectivity index (χ1) is 11.9. The highest BCUT2D eigenvalue weighted by atomic mass is 16.6. The van der Waals surface area contributed by atoms with E-state index in [0.29, 0.717) is 17.0 Å². The molecule has 0 fully saturated rings. The average molecular weight is 343 g/mol. The second-order valence-corrected chi connectivity index (χ2v) is 5.16. The van der Waals surface area contributed by atoms with Gasteiger partial charge in [-0.3, -0.25) is 19.7 Å². The first-order valence-electron chi connectivity index (χ1n) is 7.34. The molecule has 8 nitrogen and oxygen atoms in total. The summed E-state index contributed by atoms with van der Waals surface area (Å²) in [6.07, 6.45) is 0. The number of nitro benzene ring substituents is 1. The number of rotatable bonds is 5. The fourth-order valence-electron chi connectivity index (χ4n) is 2.34. The first-order valence-corrected chi connectivity index (χ1v) is 7.34. The van der Waals surface area contributed by atoms with Crippen LogP contribution in [0.5, 0.6) is 5.75 Å². The molecule has 0 radical (unpaired) electrons. The van der Waals surface area contributed by atoms with Gasteiger partial charge in [0.1, 0.15) is 5.75 Å². The minimum Gasteiger partial charge on any atom is -0.495 e. The van der Waals surface area contributed by atoms with Crippen molar-refractivity contribution in [2.45, 2.75) is 6.92 Å². The third-order valence-electron chi connectivity index (χ3n) is 3.69. The summed E-state index contributed by atoms with van der Waals surface area (Å²) < 4.78 is 5.21. The van der Waals surface area contributed by atoms with E-state index in [1.165, 1.54) is 57.5 Å². The molecule has 2 amide bonds. The molecular formula is C17H17N3O5. The van der Waals surface area contributed by atoms with Gasteiger partial charge in [-0.2, -0.15) is 0 Å². The Labute approximate surface area is 144 Å². The van der Waals surface area contributed by atoms with E-state index in [-0.39, 0.29) is 22.7 Å². The van der Waals surface area contributed by atoms with E-state index in [0.717, 1.165) is 0 Å². The second-order valence-electron chi connectivity index (χ2n) is 5.16. The quantitative estimate of drug-likeness (QED) is 0.640. The van der Waals surface area contributed by atoms with Crippen molar-refractivity contribution < 1.29 is 19.2 Å². The summed E-state index contributed by atoms with van der Waals surface area (Å²) in [4.78, 5) is 34.6. The summed E-state index contributed by atoms with van der Waals surface area (Å²) in [6.45, 7) is 1.51. The minimum absolute atomic E-state index is 0.130. The van der Waals surface area contributed by atoms with Gasteiger partial charge in [0.05, 0.1) is 17.7 Å². The molecule has 0 aliphatic carbocycles. The second kappa shape index (κ2) is 7.43. The van der Waals surface area contributed by atoms with E-state index >= 15 is 0 Å². The molecule has 0 saturated heterocycles. The SMILES string of the molecule is CNC(=O)c1ccc(NC(=O)c2cccc([N+](=O)[O-])c2C)c(OC)c1. The highest BCUT2D eigenvalue weighted by Gasteiger charge is 2.19. The average Bonchev–Trinajstić information content (AvgIpc) is 2.61. The Morgan fingerprint density at radius 3 is 2.48 bits per heavy atom. The van der Waals surface area contributed by atoms with Gasteiger partial charge >= 0.3 is 0 Å². The third kappa shape index (κ3) is 3.74. The fourth-order valence-corrected chi connectivity index (χ4v) is 2.34. The molecule has 2 aromatic carbocycles. The highest BCUT2D eigenvalue weighted by molar-refractivity contribution is 6.07. The number of nitrogens with zero attached hydrogens (tertiary/aromatic N) is 1. The molecule has 0 heterocycles. The van der Waals surface area contributed by atoms with E-state index in [2.05, 4.69) is 10.6 Å². The molecule has 0 bridgehead atoms. The van der Waals surface area contributed by atoms with Crippen LogP contribution < -0.4 is 15.4 Å². The maximum Gasteiger partial charge on any atom is 0.273 e. The smallest absolute Gasteiger partial charge is 0.273 e. The molecular weight excluding hydrogens is 326 g/mol. The van der Waals surface area contributed by atoms with Gasteiger partial charge in [0.15, 0.2) is 0 Å². The highest BCUT2D eigenvalue weighted by Crippen LogP contribution is 2.27. The van der Waals surface area contributed by atoms with Crippen LogP contribution in [0.2, 0.25) is 0 Å². The van der Waals surface area contributed by atoms with Crippen LogP contribution in [0.25, 0.3) is 0 Å². The van der Waals surface area contributed by atoms with Crippen LogP contribution in [0, 0.1) is 17.0 Å². The summed E-state index contributed by atoms with van der Waals surface area (Å²) in [5, 5.41) is 16.1. The van der Waals surface area contributed by atoms with E-state index < -0.39 is 10.8 Å². The Hall–Kier alpha value is -3.42. The number of hydrogen-bond donors (Lipinski definition) is 2. The van der Waals surface area contributed by atoms with Gasteiger partial charge in [-0.15, -0.1) is 0 Å². The number of anilines is 1. The topological polar surface area (TPSA) is 111 Å². The van der Waals surface area contributed by atoms with Gasteiger partial charge in [0, 0.05) is 29.8 Å². The van der Waals surface area contributed by atoms with E-state index in [1.807, 2.05) is 0 Å². The van der Waals surface area contributed by atoms with Crippen molar-refractivity contribution in [3.63, 3.8) is 0 Å². The maximum absolute atomic E-state index is 12.5. The van der Waals surface area contributed by atoms with Crippen molar-refractivity contribution in [3.8, 4) is 5.75 Å². The Kier molecular flexibility index (Phi) is 5.33. The molecule has 2 rings (SSSR count). The summed E-state index contributed by atoms with van der Waals surface area (Å²) in [5.41, 5.74) is 1.06. The summed E-state index contributed by atoms with van der Waals surface area (Å²) in [6, 6.07) is 8.86. The Morgan fingerprint density at radius 2 is 1.88 bits per heavy atom. The third-order valence-corrected chi connectivity index (χ3v) is 3.69. The van der Waals surface area contributed by atoms with Crippen LogP contribution in [0.15, 0.2) is 36.4 Å². The van der Waals surface area contributed by atoms with Crippen LogP contribution in [-0.4, -0.2) is 30.9 Å². The molecule has 8 heteroatoms. The van der Waals surface area contributed by atoms with Gasteiger partial charge in [-0.25, -0.2) is 0 Å². The van der Waals surface area contributed by atoms with Crippen LogP contribution in [0.4, 0.5) is 11.4 Å². The molecule has 0 spiro atoms. The summed E-state index contributed by atoms with van der Waals surface area (Å²) >= 11 is 0. The lowest BCUT2D eigenvalue weighted by molar-refractivity contribution is -0.385. The number of amides is 2. The fraction of sp³-hybridized carbons (Fsp3) is 0.176. The van der Waals surface area contributed by atoms with Crippen molar-refractivity contribution >= 4 is 23.2 Å². The zero-order valence-electron chi connectivity index (χ0n) is 14.0. The molecule has 0 aliphatic heterocycles. The number of nitro groups is 1. The van der Waals surface area contributed by atoms with Crippen molar-refractivity contribution in [1.82, 2.24) is 5.32 Å². The Bertz CT molecular complexity index is 848. The molecule has 130 valence electrons. The van der Waals surface area contributed by atoms with E-state index in [4.69, 9.17) is 4.74 Å². The van der Waals surface area contributed by atoms with Crippen molar-refractivity contribution in [2.24, 2.45) is 0 Å². The van der Waals surface area contributed by atoms with Crippen molar-refractivity contribution in [2.75, 3.05) is 19.5 Å². The molecule has 0 saturated carbocycles. The van der Waals surface area contributed by atoms with Gasteiger partial charge in [0.25, 0.3) is 17.5 Å². The lowest BCUT2D eigenvalue weighted by Crippen LogP contribution is -2.18. The number of ether oxygens (including phenoxy) is 1. The van der Waals surface area contributed by atoms with Crippen LogP contribution >= 0.6 is 0 Å². The number of carbonyl (C=O) groups is 2. The molecule has 0 aromatic heterocycles. The zero-order valence-corrected chi connectivity index (χ0v) is 14.0. The van der Waals surface area contributed by atoms with Gasteiger partial charge in [0.2, 0.25) is 0 Å². The van der Waals surface area contributed by atoms with Crippen molar-refractivity contribution in [3.05, 3.63) is 63.2 Å². The number of benzene rings is 2. The molecule has 0 aliphatic rings. The zero-order chi connectivity index (χ0) is 18.6. The van der Waals surface area contributed by atoms with Gasteiger partial charge in [-0.05, 0) is 31.2 Å². The number of hydrogen-bond acceptors (Lipinski definition) is 5. The largest absolute Gasteiger partial charge is 0.495 e. The Morgan fingerprint density at radius 1 is 1.16 bits per heavy atom. The van der Waals surface area contributed by atoms with Gasteiger partial charge in [-0.1, -0.05) is 6.07 Å². The van der Waals surface area contributed by atoms with Crippen LogP contribution in [-0.2, 0) is 0 Å². The first kappa shape index (κ1) is 17.9. The normalized spacial score (nSPS) is 10.0.